The molecule has 1 fully saturated rings. The minimum atomic E-state index is -3.73. The third kappa shape index (κ3) is 4.05. The van der Waals surface area contributed by atoms with E-state index >= 15 is 0 Å². The predicted octanol–water partition coefficient (Wildman–Crippen LogP) is 4.82. The van der Waals surface area contributed by atoms with Crippen LogP contribution in [0.15, 0.2) is 59.5 Å². The first-order valence-corrected chi connectivity index (χ1v) is 10.0. The maximum atomic E-state index is 12.7. The summed E-state index contributed by atoms with van der Waals surface area (Å²) in [4.78, 5) is 0.240. The Bertz CT molecular complexity index is 751. The van der Waals surface area contributed by atoms with Crippen LogP contribution in [0.25, 0.3) is 0 Å². The van der Waals surface area contributed by atoms with Crippen LogP contribution < -0.4 is 0 Å². The third-order valence-electron chi connectivity index (χ3n) is 4.74. The van der Waals surface area contributed by atoms with Gasteiger partial charge in [0.15, 0.2) is 0 Å². The minimum Gasteiger partial charge on any atom is -0.262 e. The lowest BCUT2D eigenvalue weighted by molar-refractivity contribution is 0.168. The van der Waals surface area contributed by atoms with Gasteiger partial charge < -0.3 is 0 Å². The van der Waals surface area contributed by atoms with Crippen molar-refractivity contribution in [2.24, 2.45) is 0 Å². The normalized spacial score (nSPS) is 22.0. The van der Waals surface area contributed by atoms with E-state index in [0.29, 0.717) is 0 Å². The van der Waals surface area contributed by atoms with Gasteiger partial charge in [-0.3, -0.25) is 4.18 Å². The van der Waals surface area contributed by atoms with Gasteiger partial charge in [0.1, 0.15) is 0 Å². The summed E-state index contributed by atoms with van der Waals surface area (Å²) in [5, 5.41) is 0. The van der Waals surface area contributed by atoms with Crippen molar-refractivity contribution >= 4 is 10.1 Å². The molecule has 2 atom stereocenters. The lowest BCUT2D eigenvalue weighted by Crippen LogP contribution is -2.25. The fourth-order valence-corrected chi connectivity index (χ4v) is 4.53. The highest BCUT2D eigenvalue weighted by atomic mass is 32.2. The molecular weight excluding hydrogens is 320 g/mol. The predicted molar refractivity (Wildman–Crippen MR) is 95.5 cm³/mol. The molecule has 0 amide bonds. The smallest absolute Gasteiger partial charge is 0.262 e. The highest BCUT2D eigenvalue weighted by Crippen LogP contribution is 2.35. The van der Waals surface area contributed by atoms with E-state index in [0.717, 1.165) is 37.7 Å². The molecule has 1 aliphatic carbocycles. The maximum absolute atomic E-state index is 12.7. The fraction of sp³-hybridized carbons (Fsp3) is 0.400. The first kappa shape index (κ1) is 17.2. The van der Waals surface area contributed by atoms with Crippen molar-refractivity contribution in [2.45, 2.75) is 55.9 Å². The molecule has 128 valence electrons. The molecule has 0 spiro atoms. The van der Waals surface area contributed by atoms with Crippen LogP contribution in [0, 0.1) is 6.92 Å². The summed E-state index contributed by atoms with van der Waals surface area (Å²) in [5.74, 6) is 0.133. The van der Waals surface area contributed by atoms with E-state index in [2.05, 4.69) is 12.1 Å². The van der Waals surface area contributed by atoms with Crippen molar-refractivity contribution in [1.82, 2.24) is 0 Å². The second-order valence-electron chi connectivity index (χ2n) is 6.56. The Kier molecular flexibility index (Phi) is 5.36. The summed E-state index contributed by atoms with van der Waals surface area (Å²) in [6.45, 7) is 1.94. The van der Waals surface area contributed by atoms with Gasteiger partial charge in [-0.2, -0.15) is 8.42 Å². The van der Waals surface area contributed by atoms with Gasteiger partial charge >= 0.3 is 0 Å². The average Bonchev–Trinajstić information content (AvgIpc) is 2.81. The zero-order valence-electron chi connectivity index (χ0n) is 14.0. The summed E-state index contributed by atoms with van der Waals surface area (Å²) >= 11 is 0. The quantitative estimate of drug-likeness (QED) is 0.590. The highest BCUT2D eigenvalue weighted by Gasteiger charge is 2.30. The number of benzene rings is 2. The van der Waals surface area contributed by atoms with E-state index in [4.69, 9.17) is 4.18 Å². The van der Waals surface area contributed by atoms with Crippen LogP contribution in [0.3, 0.4) is 0 Å². The average molecular weight is 344 g/mol. The maximum Gasteiger partial charge on any atom is 0.297 e. The van der Waals surface area contributed by atoms with Crippen molar-refractivity contribution < 1.29 is 12.6 Å². The van der Waals surface area contributed by atoms with Gasteiger partial charge in [-0.25, -0.2) is 0 Å². The highest BCUT2D eigenvalue weighted by molar-refractivity contribution is 7.86. The van der Waals surface area contributed by atoms with Crippen LogP contribution in [0.2, 0.25) is 0 Å². The third-order valence-corrected chi connectivity index (χ3v) is 6.09. The van der Waals surface area contributed by atoms with Gasteiger partial charge in [-0.1, -0.05) is 67.3 Å². The first-order valence-electron chi connectivity index (χ1n) is 8.61. The molecule has 1 saturated carbocycles. The SMILES string of the molecule is Cc1ccc(S(=O)(=O)OC2CCCCCC2c2ccccc2)cc1. The summed E-state index contributed by atoms with van der Waals surface area (Å²) in [7, 11) is -3.73. The van der Waals surface area contributed by atoms with Crippen LogP contribution in [0.5, 0.6) is 0 Å². The molecule has 1 aliphatic rings. The van der Waals surface area contributed by atoms with Crippen LogP contribution in [0.4, 0.5) is 0 Å². The summed E-state index contributed by atoms with van der Waals surface area (Å²) < 4.78 is 31.1. The number of hydrogen-bond acceptors (Lipinski definition) is 3. The molecule has 2 aromatic carbocycles. The largest absolute Gasteiger partial charge is 0.297 e. The number of hydrogen-bond donors (Lipinski definition) is 0. The van der Waals surface area contributed by atoms with Crippen molar-refractivity contribution in [3.05, 3.63) is 65.7 Å². The molecule has 0 saturated heterocycles. The minimum absolute atomic E-state index is 0.133. The first-order chi connectivity index (χ1) is 11.6. The van der Waals surface area contributed by atoms with Crippen LogP contribution in [-0.2, 0) is 14.3 Å². The molecule has 4 heteroatoms. The molecule has 2 aromatic rings. The van der Waals surface area contributed by atoms with Crippen molar-refractivity contribution in [1.29, 1.82) is 0 Å². The van der Waals surface area contributed by atoms with Gasteiger partial charge in [-0.05, 0) is 37.5 Å². The van der Waals surface area contributed by atoms with Gasteiger partial charge in [0.25, 0.3) is 10.1 Å². The molecule has 3 rings (SSSR count). The number of aryl methyl sites for hydroxylation is 1. The zero-order chi connectivity index (χ0) is 17.0. The van der Waals surface area contributed by atoms with E-state index in [1.165, 1.54) is 5.56 Å². The molecule has 24 heavy (non-hydrogen) atoms. The molecule has 2 unspecified atom stereocenters. The van der Waals surface area contributed by atoms with E-state index in [1.807, 2.05) is 25.1 Å². The Morgan fingerprint density at radius 1 is 0.875 bits per heavy atom. The van der Waals surface area contributed by atoms with Crippen molar-refractivity contribution in [3.8, 4) is 0 Å². The van der Waals surface area contributed by atoms with Crippen LogP contribution in [-0.4, -0.2) is 14.5 Å². The van der Waals surface area contributed by atoms with E-state index in [1.54, 1.807) is 24.3 Å². The summed E-state index contributed by atoms with van der Waals surface area (Å²) in [6.07, 6.45) is 4.72. The molecule has 0 aliphatic heterocycles. The Morgan fingerprint density at radius 3 is 2.25 bits per heavy atom. The lowest BCUT2D eigenvalue weighted by Gasteiger charge is -2.25. The second kappa shape index (κ2) is 7.49. The number of rotatable bonds is 4. The van der Waals surface area contributed by atoms with Crippen LogP contribution in [0.1, 0.15) is 49.1 Å². The molecule has 3 nitrogen and oxygen atoms in total. The Morgan fingerprint density at radius 2 is 1.54 bits per heavy atom. The second-order valence-corrected chi connectivity index (χ2v) is 8.13. The monoisotopic (exact) mass is 344 g/mol. The van der Waals surface area contributed by atoms with Gasteiger partial charge in [0.05, 0.1) is 11.0 Å². The lowest BCUT2D eigenvalue weighted by atomic mass is 9.90. The Hall–Kier alpha value is -1.65. The van der Waals surface area contributed by atoms with Gasteiger partial charge in [-0.15, -0.1) is 0 Å². The van der Waals surface area contributed by atoms with Gasteiger partial charge in [0.2, 0.25) is 0 Å². The summed E-state index contributed by atoms with van der Waals surface area (Å²) in [6, 6.07) is 17.0. The standard InChI is InChI=1S/C20H24O3S/c1-16-12-14-18(15-13-16)24(21,22)23-20-11-7-3-6-10-19(20)17-8-4-2-5-9-17/h2,4-5,8-9,12-15,19-20H,3,6-7,10-11H2,1H3. The van der Waals surface area contributed by atoms with Crippen molar-refractivity contribution in [3.63, 3.8) is 0 Å². The fourth-order valence-electron chi connectivity index (χ4n) is 3.39. The van der Waals surface area contributed by atoms with Crippen LogP contribution >= 0.6 is 0 Å². The Labute approximate surface area is 144 Å². The van der Waals surface area contributed by atoms with E-state index < -0.39 is 10.1 Å². The zero-order valence-corrected chi connectivity index (χ0v) is 14.8. The molecule has 0 N–H and O–H groups in total. The topological polar surface area (TPSA) is 43.4 Å². The molecule has 0 radical (unpaired) electrons. The van der Waals surface area contributed by atoms with Gasteiger partial charge in [0, 0.05) is 5.92 Å². The van der Waals surface area contributed by atoms with Crippen molar-refractivity contribution in [2.75, 3.05) is 0 Å². The molecule has 0 bridgehead atoms. The molecule has 0 aromatic heterocycles. The molecule has 0 heterocycles. The van der Waals surface area contributed by atoms with E-state index in [9.17, 15) is 8.42 Å². The van der Waals surface area contributed by atoms with E-state index in [-0.39, 0.29) is 16.9 Å². The Balaban J connectivity index is 1.85. The summed E-state index contributed by atoms with van der Waals surface area (Å²) in [5.41, 5.74) is 2.20. The molecular formula is C20H24O3S.